The van der Waals surface area contributed by atoms with Gasteiger partial charge in [-0.3, -0.25) is 0 Å². The highest BCUT2D eigenvalue weighted by molar-refractivity contribution is 7.88. The van der Waals surface area contributed by atoms with Crippen LogP contribution in [0.5, 0.6) is 5.75 Å². The lowest BCUT2D eigenvalue weighted by Gasteiger charge is -2.19. The van der Waals surface area contributed by atoms with Crippen LogP contribution in [0.4, 0.5) is 13.2 Å². The molecule has 0 saturated carbocycles. The first-order chi connectivity index (χ1) is 15.9. The molecule has 7 nitrogen and oxygen atoms in total. The molecule has 0 amide bonds. The zero-order valence-corrected chi connectivity index (χ0v) is 17.6. The van der Waals surface area contributed by atoms with Crippen LogP contribution in [-0.4, -0.2) is 36.1 Å². The van der Waals surface area contributed by atoms with Crippen molar-refractivity contribution in [2.45, 2.75) is 5.51 Å². The normalized spacial score (nSPS) is 12.1. The van der Waals surface area contributed by atoms with Gasteiger partial charge in [-0.15, -0.1) is 0 Å². The van der Waals surface area contributed by atoms with Crippen molar-refractivity contribution < 1.29 is 45.6 Å². The molecule has 4 aromatic carbocycles. The molecule has 0 aliphatic rings. The van der Waals surface area contributed by atoms with Gasteiger partial charge in [0.05, 0.1) is 5.56 Å². The maximum Gasteiger partial charge on any atom is 0.534 e. The van der Waals surface area contributed by atoms with Gasteiger partial charge in [-0.1, -0.05) is 48.5 Å². The number of hydrogen-bond acceptors (Lipinski definition) is 5. The van der Waals surface area contributed by atoms with Gasteiger partial charge in [-0.05, 0) is 45.3 Å². The summed E-state index contributed by atoms with van der Waals surface area (Å²) < 4.78 is 67.8. The zero-order chi connectivity index (χ0) is 24.8. The van der Waals surface area contributed by atoms with Crippen molar-refractivity contribution in [2.24, 2.45) is 0 Å². The van der Waals surface area contributed by atoms with Gasteiger partial charge in [0, 0.05) is 5.56 Å². The molecule has 0 radical (unpaired) electrons. The number of carboxylic acids is 2. The third-order valence-corrected chi connectivity index (χ3v) is 6.04. The van der Waals surface area contributed by atoms with Gasteiger partial charge in [-0.2, -0.15) is 21.6 Å². The summed E-state index contributed by atoms with van der Waals surface area (Å²) >= 11 is 0. The molecular formula is C23H13F3O7S. The summed E-state index contributed by atoms with van der Waals surface area (Å²) in [5, 5.41) is 20.4. The van der Waals surface area contributed by atoms with Crippen LogP contribution in [0.25, 0.3) is 32.7 Å². The Kier molecular flexibility index (Phi) is 5.44. The van der Waals surface area contributed by atoms with Crippen LogP contribution in [0.3, 0.4) is 0 Å². The zero-order valence-electron chi connectivity index (χ0n) is 16.8. The van der Waals surface area contributed by atoms with E-state index < -0.39 is 38.9 Å². The summed E-state index contributed by atoms with van der Waals surface area (Å²) in [6.07, 6.45) is 0. The Labute approximate surface area is 189 Å². The minimum absolute atomic E-state index is 0.0119. The number of carboxylic acid groups (broad SMARTS) is 2. The number of rotatable bonds is 5. The van der Waals surface area contributed by atoms with Crippen LogP contribution in [0, 0.1) is 0 Å². The molecule has 4 aromatic rings. The van der Waals surface area contributed by atoms with Crippen molar-refractivity contribution in [3.05, 3.63) is 77.9 Å². The number of fused-ring (bicyclic) bond motifs is 2. The third kappa shape index (κ3) is 3.90. The summed E-state index contributed by atoms with van der Waals surface area (Å²) in [4.78, 5) is 23.7. The van der Waals surface area contributed by atoms with Crippen LogP contribution in [-0.2, 0) is 10.1 Å². The highest BCUT2D eigenvalue weighted by Crippen LogP contribution is 2.45. The van der Waals surface area contributed by atoms with Crippen molar-refractivity contribution in [1.82, 2.24) is 0 Å². The van der Waals surface area contributed by atoms with E-state index in [2.05, 4.69) is 4.18 Å². The molecule has 0 atom stereocenters. The molecule has 0 unspecified atom stereocenters. The first-order valence-electron chi connectivity index (χ1n) is 9.47. The predicted molar refractivity (Wildman–Crippen MR) is 116 cm³/mol. The van der Waals surface area contributed by atoms with E-state index in [9.17, 15) is 41.4 Å². The van der Waals surface area contributed by atoms with E-state index in [1.54, 1.807) is 30.3 Å². The minimum Gasteiger partial charge on any atom is -0.478 e. The number of halogens is 3. The molecule has 11 heteroatoms. The van der Waals surface area contributed by atoms with Crippen molar-refractivity contribution in [3.63, 3.8) is 0 Å². The van der Waals surface area contributed by atoms with Gasteiger partial charge in [0.25, 0.3) is 0 Å². The lowest BCUT2D eigenvalue weighted by molar-refractivity contribution is -0.0500. The van der Waals surface area contributed by atoms with E-state index in [-0.39, 0.29) is 27.5 Å². The van der Waals surface area contributed by atoms with E-state index in [1.165, 1.54) is 24.3 Å². The second kappa shape index (κ2) is 8.03. The van der Waals surface area contributed by atoms with Crippen LogP contribution >= 0.6 is 0 Å². The molecule has 0 aliphatic heterocycles. The Morgan fingerprint density at radius 3 is 1.91 bits per heavy atom. The largest absolute Gasteiger partial charge is 0.534 e. The Morgan fingerprint density at radius 2 is 1.35 bits per heavy atom. The van der Waals surface area contributed by atoms with E-state index in [1.807, 2.05) is 0 Å². The van der Waals surface area contributed by atoms with E-state index in [4.69, 9.17) is 0 Å². The molecule has 0 heterocycles. The Bertz CT molecular complexity index is 1590. The van der Waals surface area contributed by atoms with Gasteiger partial charge < -0.3 is 14.4 Å². The minimum atomic E-state index is -6.27. The highest BCUT2D eigenvalue weighted by atomic mass is 32.2. The Hall–Kier alpha value is -4.12. The molecule has 0 fully saturated rings. The van der Waals surface area contributed by atoms with E-state index in [0.717, 1.165) is 12.1 Å². The fourth-order valence-corrected chi connectivity index (χ4v) is 4.13. The summed E-state index contributed by atoms with van der Waals surface area (Å²) in [5.41, 5.74) is -7.24. The van der Waals surface area contributed by atoms with Crippen molar-refractivity contribution in [3.8, 4) is 16.9 Å². The van der Waals surface area contributed by atoms with Crippen LogP contribution in [0.1, 0.15) is 20.7 Å². The molecule has 174 valence electrons. The van der Waals surface area contributed by atoms with E-state index >= 15 is 0 Å². The molecule has 0 aliphatic carbocycles. The first-order valence-corrected chi connectivity index (χ1v) is 10.9. The molecule has 0 aromatic heterocycles. The summed E-state index contributed by atoms with van der Waals surface area (Å²) in [6, 6.07) is 15.7. The Balaban J connectivity index is 2.23. The molecular weight excluding hydrogens is 477 g/mol. The number of benzene rings is 4. The number of carbonyl (C=O) groups is 2. The van der Waals surface area contributed by atoms with Crippen LogP contribution < -0.4 is 4.18 Å². The molecule has 0 saturated heterocycles. The van der Waals surface area contributed by atoms with Gasteiger partial charge in [0.15, 0.2) is 5.75 Å². The number of alkyl halides is 3. The average Bonchev–Trinajstić information content (AvgIpc) is 2.76. The van der Waals surface area contributed by atoms with Crippen molar-refractivity contribution in [1.29, 1.82) is 0 Å². The standard InChI is InChI=1S/C23H13F3O7S/c24-23(25,26)34(31,32)33-20-18(22(29)30)10-13-6-2-4-8-16(13)19(20)17-11-14(21(27)28)9-12-5-1-3-7-15(12)17/h1-11H,(H,27,28)(H,29,30). The fraction of sp³-hybridized carbons (Fsp3) is 0.0435. The highest BCUT2D eigenvalue weighted by Gasteiger charge is 2.49. The van der Waals surface area contributed by atoms with E-state index in [0.29, 0.717) is 10.8 Å². The van der Waals surface area contributed by atoms with Crippen LogP contribution in [0.2, 0.25) is 0 Å². The van der Waals surface area contributed by atoms with Crippen molar-refractivity contribution in [2.75, 3.05) is 0 Å². The van der Waals surface area contributed by atoms with Crippen molar-refractivity contribution >= 4 is 43.6 Å². The second-order valence-electron chi connectivity index (χ2n) is 7.19. The first kappa shape index (κ1) is 23.1. The fourth-order valence-electron chi connectivity index (χ4n) is 3.64. The topological polar surface area (TPSA) is 118 Å². The van der Waals surface area contributed by atoms with Gasteiger partial charge in [0.2, 0.25) is 0 Å². The van der Waals surface area contributed by atoms with Gasteiger partial charge >= 0.3 is 27.6 Å². The second-order valence-corrected chi connectivity index (χ2v) is 8.73. The van der Waals surface area contributed by atoms with Gasteiger partial charge in [-0.25, -0.2) is 9.59 Å². The number of hydrogen-bond donors (Lipinski definition) is 2. The van der Waals surface area contributed by atoms with Gasteiger partial charge in [0.1, 0.15) is 5.56 Å². The summed E-state index contributed by atoms with van der Waals surface area (Å²) in [5.74, 6) is -4.16. The maximum atomic E-state index is 13.2. The summed E-state index contributed by atoms with van der Waals surface area (Å²) in [6.45, 7) is 0. The average molecular weight is 490 g/mol. The lowest BCUT2D eigenvalue weighted by Crippen LogP contribution is -2.29. The maximum absolute atomic E-state index is 13.2. The predicted octanol–water partition coefficient (Wildman–Crippen LogP) is 5.28. The molecule has 0 spiro atoms. The molecule has 0 bridgehead atoms. The molecule has 4 rings (SSSR count). The number of aromatic carboxylic acids is 2. The quantitative estimate of drug-likeness (QED) is 0.288. The third-order valence-electron chi connectivity index (χ3n) is 5.09. The monoisotopic (exact) mass is 490 g/mol. The molecule has 34 heavy (non-hydrogen) atoms. The Morgan fingerprint density at radius 1 is 0.794 bits per heavy atom. The SMILES string of the molecule is O=C(O)c1cc(-c2c(OS(=O)(=O)C(F)(F)F)c(C(=O)O)cc3ccccc23)c2ccccc2c1. The van der Waals surface area contributed by atoms with Crippen LogP contribution in [0.15, 0.2) is 66.7 Å². The smallest absolute Gasteiger partial charge is 0.478 e. The molecule has 2 N–H and O–H groups in total. The lowest BCUT2D eigenvalue weighted by atomic mass is 9.90. The summed E-state index contributed by atoms with van der Waals surface area (Å²) in [7, 11) is -6.27.